The zero-order chi connectivity index (χ0) is 19.0. The number of hydrogen-bond acceptors (Lipinski definition) is 7. The summed E-state index contributed by atoms with van der Waals surface area (Å²) in [6.07, 6.45) is 5.46. The number of anilines is 1. The van der Waals surface area contributed by atoms with Gasteiger partial charge in [-0.15, -0.1) is 0 Å². The van der Waals surface area contributed by atoms with Crippen LogP contribution in [0.3, 0.4) is 0 Å². The van der Waals surface area contributed by atoms with Gasteiger partial charge < -0.3 is 9.47 Å². The van der Waals surface area contributed by atoms with E-state index in [1.54, 1.807) is 23.3 Å². The van der Waals surface area contributed by atoms with Crippen LogP contribution in [0, 0.1) is 5.92 Å². The average molecular weight is 365 g/mol. The van der Waals surface area contributed by atoms with E-state index >= 15 is 0 Å². The molecule has 1 aromatic carbocycles. The summed E-state index contributed by atoms with van der Waals surface area (Å²) < 4.78 is 10.1. The molecule has 0 unspecified atom stereocenters. The highest BCUT2D eigenvalue weighted by Crippen LogP contribution is 2.47. The van der Waals surface area contributed by atoms with Crippen LogP contribution in [0.5, 0.6) is 0 Å². The van der Waals surface area contributed by atoms with Gasteiger partial charge in [-0.3, -0.25) is 14.8 Å². The van der Waals surface area contributed by atoms with Crippen molar-refractivity contribution in [1.82, 2.24) is 9.99 Å². The van der Waals surface area contributed by atoms with Crippen LogP contribution in [-0.2, 0) is 19.1 Å². The number of ether oxygens (including phenoxy) is 2. The molecule has 4 rings (SSSR count). The third kappa shape index (κ3) is 2.63. The monoisotopic (exact) mass is 365 g/mol. The molecular formula is C20H19N3O4. The minimum Gasteiger partial charge on any atom is -0.469 e. The first-order chi connectivity index (χ1) is 13.2. The number of nitrogens with zero attached hydrogens (tertiary/aromatic N) is 3. The Hall–Kier alpha value is -3.35. The molecule has 0 radical (unpaired) electrons. The predicted octanol–water partition coefficient (Wildman–Crippen LogP) is 2.17. The molecule has 0 N–H and O–H groups in total. The molecule has 3 heterocycles. The Bertz CT molecular complexity index is 883. The maximum absolute atomic E-state index is 12.8. The van der Waals surface area contributed by atoms with E-state index in [2.05, 4.69) is 4.98 Å². The molecule has 1 aromatic heterocycles. The van der Waals surface area contributed by atoms with Crippen molar-refractivity contribution in [3.63, 3.8) is 0 Å². The fourth-order valence-electron chi connectivity index (χ4n) is 3.87. The summed E-state index contributed by atoms with van der Waals surface area (Å²) >= 11 is 0. The standard InChI is InChI=1S/C20H19N3O4/c1-26-19(24)16-17-14-8-4-3-7-13(14)10-12-22(17)23(18(16)20(25)27-2)15-9-5-6-11-21-15/h3-12,16-18H,1-2H3/t16-,17+,18-/m0/s1. The van der Waals surface area contributed by atoms with Crippen molar-refractivity contribution in [3.05, 3.63) is 66.0 Å². The number of aromatic nitrogens is 1. The highest BCUT2D eigenvalue weighted by Gasteiger charge is 2.56. The molecule has 0 bridgehead atoms. The van der Waals surface area contributed by atoms with Gasteiger partial charge in [0, 0.05) is 12.4 Å². The van der Waals surface area contributed by atoms with Crippen LogP contribution in [0.25, 0.3) is 6.08 Å². The van der Waals surface area contributed by atoms with Crippen LogP contribution in [0.1, 0.15) is 17.2 Å². The van der Waals surface area contributed by atoms with E-state index in [9.17, 15) is 9.59 Å². The van der Waals surface area contributed by atoms with E-state index in [4.69, 9.17) is 9.47 Å². The van der Waals surface area contributed by atoms with Crippen molar-refractivity contribution in [2.45, 2.75) is 12.1 Å². The third-order valence-corrected chi connectivity index (χ3v) is 5.00. The van der Waals surface area contributed by atoms with Gasteiger partial charge in [-0.2, -0.15) is 0 Å². The highest BCUT2D eigenvalue weighted by atomic mass is 16.5. The SMILES string of the molecule is COC(=O)[C@H]1[C@H]2c3ccccc3C=CN2N(c2ccccn2)[C@@H]1C(=O)OC. The van der Waals surface area contributed by atoms with Crippen molar-refractivity contribution in [2.75, 3.05) is 19.2 Å². The first-order valence-corrected chi connectivity index (χ1v) is 8.58. The lowest BCUT2D eigenvalue weighted by Gasteiger charge is -2.36. The number of hydrogen-bond donors (Lipinski definition) is 0. The summed E-state index contributed by atoms with van der Waals surface area (Å²) in [6, 6.07) is 11.9. The van der Waals surface area contributed by atoms with Crippen LogP contribution in [0.15, 0.2) is 54.9 Å². The second-order valence-electron chi connectivity index (χ2n) is 6.32. The summed E-state index contributed by atoms with van der Waals surface area (Å²) in [4.78, 5) is 29.9. The number of hydrazine groups is 1. The van der Waals surface area contributed by atoms with E-state index in [-0.39, 0.29) is 0 Å². The number of carbonyl (C=O) groups is 2. The van der Waals surface area contributed by atoms with Crippen LogP contribution >= 0.6 is 0 Å². The number of pyridine rings is 1. The quantitative estimate of drug-likeness (QED) is 0.772. The van der Waals surface area contributed by atoms with Gasteiger partial charge in [-0.1, -0.05) is 30.3 Å². The van der Waals surface area contributed by atoms with E-state index in [1.165, 1.54) is 14.2 Å². The van der Waals surface area contributed by atoms with Gasteiger partial charge in [-0.05, 0) is 29.3 Å². The second-order valence-corrected chi connectivity index (χ2v) is 6.32. The molecule has 0 aliphatic carbocycles. The average Bonchev–Trinajstić information content (AvgIpc) is 3.08. The lowest BCUT2D eigenvalue weighted by Crippen LogP contribution is -2.46. The third-order valence-electron chi connectivity index (χ3n) is 5.00. The van der Waals surface area contributed by atoms with Gasteiger partial charge in [0.1, 0.15) is 11.7 Å². The minimum atomic E-state index is -0.891. The van der Waals surface area contributed by atoms with Gasteiger partial charge in [0.2, 0.25) is 0 Å². The molecule has 2 aromatic rings. The molecule has 27 heavy (non-hydrogen) atoms. The maximum Gasteiger partial charge on any atom is 0.331 e. The molecule has 2 aliphatic heterocycles. The number of benzene rings is 1. The summed E-state index contributed by atoms with van der Waals surface area (Å²) in [7, 11) is 2.64. The van der Waals surface area contributed by atoms with Crippen molar-refractivity contribution >= 4 is 23.8 Å². The number of methoxy groups -OCH3 is 2. The molecule has 3 atom stereocenters. The molecular weight excluding hydrogens is 346 g/mol. The van der Waals surface area contributed by atoms with Crippen LogP contribution in [0.2, 0.25) is 0 Å². The van der Waals surface area contributed by atoms with Crippen LogP contribution in [-0.4, -0.2) is 42.2 Å². The van der Waals surface area contributed by atoms with E-state index in [0.29, 0.717) is 5.82 Å². The topological polar surface area (TPSA) is 72.0 Å². The van der Waals surface area contributed by atoms with Gasteiger partial charge >= 0.3 is 11.9 Å². The number of rotatable bonds is 3. The molecule has 1 fully saturated rings. The zero-order valence-electron chi connectivity index (χ0n) is 15.0. The predicted molar refractivity (Wildman–Crippen MR) is 98.1 cm³/mol. The van der Waals surface area contributed by atoms with Crippen molar-refractivity contribution in [3.8, 4) is 0 Å². The molecule has 0 amide bonds. The smallest absolute Gasteiger partial charge is 0.331 e. The summed E-state index contributed by atoms with van der Waals surface area (Å²) in [5, 5.41) is 3.58. The largest absolute Gasteiger partial charge is 0.469 e. The van der Waals surface area contributed by atoms with E-state index < -0.39 is 29.9 Å². The van der Waals surface area contributed by atoms with Gasteiger partial charge in [0.25, 0.3) is 0 Å². The fourth-order valence-corrected chi connectivity index (χ4v) is 3.87. The lowest BCUT2D eigenvalue weighted by atomic mass is 9.85. The number of fused-ring (bicyclic) bond motifs is 3. The van der Waals surface area contributed by atoms with E-state index in [0.717, 1.165) is 11.1 Å². The minimum absolute atomic E-state index is 0.398. The molecule has 7 nitrogen and oxygen atoms in total. The Kier molecular flexibility index (Phi) is 4.27. The van der Waals surface area contributed by atoms with Gasteiger partial charge in [0.05, 0.1) is 20.3 Å². The van der Waals surface area contributed by atoms with Crippen LogP contribution < -0.4 is 5.01 Å². The molecule has 138 valence electrons. The first kappa shape index (κ1) is 17.1. The Morgan fingerprint density at radius 2 is 1.74 bits per heavy atom. The molecule has 1 saturated heterocycles. The zero-order valence-corrected chi connectivity index (χ0v) is 15.0. The van der Waals surface area contributed by atoms with Gasteiger partial charge in [0.15, 0.2) is 6.04 Å². The molecule has 0 spiro atoms. The number of esters is 2. The van der Waals surface area contributed by atoms with E-state index in [1.807, 2.05) is 47.6 Å². The lowest BCUT2D eigenvalue weighted by molar-refractivity contribution is -0.153. The van der Waals surface area contributed by atoms with Crippen LogP contribution in [0.4, 0.5) is 5.82 Å². The van der Waals surface area contributed by atoms with Gasteiger partial charge in [-0.25, -0.2) is 9.78 Å². The Balaban J connectivity index is 1.92. The summed E-state index contributed by atoms with van der Waals surface area (Å²) in [6.45, 7) is 0. The highest BCUT2D eigenvalue weighted by molar-refractivity contribution is 5.89. The normalized spacial score (nSPS) is 22.8. The maximum atomic E-state index is 12.8. The Morgan fingerprint density at radius 3 is 2.44 bits per heavy atom. The molecule has 7 heteroatoms. The van der Waals surface area contributed by atoms with Crippen molar-refractivity contribution in [2.24, 2.45) is 5.92 Å². The van der Waals surface area contributed by atoms with Crippen molar-refractivity contribution in [1.29, 1.82) is 0 Å². The first-order valence-electron chi connectivity index (χ1n) is 8.58. The summed E-state index contributed by atoms with van der Waals surface area (Å²) in [5.41, 5.74) is 1.95. The molecule has 2 aliphatic rings. The summed E-state index contributed by atoms with van der Waals surface area (Å²) in [5.74, 6) is -1.20. The molecule has 0 saturated carbocycles. The Labute approximate surface area is 156 Å². The Morgan fingerprint density at radius 1 is 1.00 bits per heavy atom. The fraction of sp³-hybridized carbons (Fsp3) is 0.250. The number of carbonyl (C=O) groups excluding carboxylic acids is 2. The van der Waals surface area contributed by atoms with Crippen molar-refractivity contribution < 1.29 is 19.1 Å². The second kappa shape index (κ2) is 6.75.